The summed E-state index contributed by atoms with van der Waals surface area (Å²) in [5.74, 6) is 1.23. The van der Waals surface area contributed by atoms with Crippen molar-refractivity contribution in [1.82, 2.24) is 24.8 Å². The number of aryl methyl sites for hydroxylation is 2. The number of fused-ring (bicyclic) bond motifs is 5. The van der Waals surface area contributed by atoms with Gasteiger partial charge in [0, 0.05) is 22.1 Å². The molecular weight excluding hydrogens is 657 g/mol. The molecule has 0 radical (unpaired) electrons. The first-order valence-electron chi connectivity index (χ1n) is 16.9. The molecule has 1 atom stereocenters. The zero-order valence-electron chi connectivity index (χ0n) is 27.3. The lowest BCUT2D eigenvalue weighted by Gasteiger charge is -2.63. The number of hydrogen-bond donors (Lipinski definition) is 1. The van der Waals surface area contributed by atoms with Crippen molar-refractivity contribution in [2.75, 3.05) is 11.3 Å². The van der Waals surface area contributed by atoms with E-state index in [4.69, 9.17) is 14.7 Å². The van der Waals surface area contributed by atoms with E-state index in [2.05, 4.69) is 20.8 Å². The van der Waals surface area contributed by atoms with Crippen molar-refractivity contribution in [3.63, 3.8) is 0 Å². The number of hydrogen-bond acceptors (Lipinski definition) is 9. The maximum atomic E-state index is 14.6. The molecule has 10 rings (SSSR count). The van der Waals surface area contributed by atoms with Crippen molar-refractivity contribution >= 4 is 43.6 Å². The lowest BCUT2D eigenvalue weighted by atomic mass is 9.43. The Morgan fingerprint density at radius 2 is 1.78 bits per heavy atom. The molecule has 0 saturated heterocycles. The molecule has 6 bridgehead atoms. The summed E-state index contributed by atoms with van der Waals surface area (Å²) in [4.78, 5) is 37.5. The van der Waals surface area contributed by atoms with Crippen LogP contribution in [0.5, 0.6) is 5.88 Å². The number of sulfonamides is 1. The standard InChI is InChI=1S/C37H36N6O4S2/c1-21-5-3-6-22(2)33(21)29-13-32-41-36(40-29)42-49(45,46)28-8-4-7-25(11-28)35(44)43(27(20-47-32)17-37-14-23(15-37)16-37)19-26-18-38-34-30(39-26)12-31(48-34)24-9-10-24/h3-8,11-13,18,23-24,27H,9-10,14-17,19-20H2,1-2H3,(H,40,41,42)/t23?,27-,37?/m1/s1. The Morgan fingerprint density at radius 3 is 2.51 bits per heavy atom. The topological polar surface area (TPSA) is 127 Å². The minimum Gasteiger partial charge on any atom is -0.475 e. The van der Waals surface area contributed by atoms with Crippen molar-refractivity contribution in [2.24, 2.45) is 11.3 Å². The number of rotatable bonds is 6. The molecular formula is C37H36N6O4S2. The highest BCUT2D eigenvalue weighted by atomic mass is 32.2. The van der Waals surface area contributed by atoms with Crippen LogP contribution in [0.25, 0.3) is 21.6 Å². The van der Waals surface area contributed by atoms with Gasteiger partial charge in [0.15, 0.2) is 0 Å². The van der Waals surface area contributed by atoms with Crippen LogP contribution in [-0.4, -0.2) is 51.8 Å². The summed E-state index contributed by atoms with van der Waals surface area (Å²) in [5, 5.41) is 0. The summed E-state index contributed by atoms with van der Waals surface area (Å²) in [6.07, 6.45) is 8.41. The second-order valence-corrected chi connectivity index (χ2v) is 17.1. The van der Waals surface area contributed by atoms with Crippen LogP contribution >= 0.6 is 11.3 Å². The molecule has 1 aliphatic heterocycles. The third-order valence-corrected chi connectivity index (χ3v) is 13.2. The van der Waals surface area contributed by atoms with Crippen LogP contribution < -0.4 is 9.46 Å². The van der Waals surface area contributed by atoms with Gasteiger partial charge in [-0.1, -0.05) is 24.3 Å². The number of nitrogens with one attached hydrogen (secondary N) is 1. The monoisotopic (exact) mass is 692 g/mol. The van der Waals surface area contributed by atoms with Crippen molar-refractivity contribution in [2.45, 2.75) is 75.8 Å². The number of amides is 1. The lowest BCUT2D eigenvalue weighted by Crippen LogP contribution is -2.56. The van der Waals surface area contributed by atoms with E-state index in [0.717, 1.165) is 58.6 Å². The van der Waals surface area contributed by atoms with Crippen LogP contribution in [0, 0.1) is 25.2 Å². The summed E-state index contributed by atoms with van der Waals surface area (Å²) in [5.41, 5.74) is 5.41. The number of thiophene rings is 1. The van der Waals surface area contributed by atoms with E-state index in [1.54, 1.807) is 35.7 Å². The number of nitrogens with zero attached hydrogens (tertiary/aromatic N) is 5. The third kappa shape index (κ3) is 5.64. The molecule has 0 unspecified atom stereocenters. The Hall–Kier alpha value is -4.42. The fourth-order valence-corrected chi connectivity index (χ4v) is 10.0. The van der Waals surface area contributed by atoms with Gasteiger partial charge in [0.1, 0.15) is 17.0 Å². The molecule has 3 aromatic heterocycles. The summed E-state index contributed by atoms with van der Waals surface area (Å²) >= 11 is 1.70. The number of carbonyl (C=O) groups is 1. The van der Waals surface area contributed by atoms with Crippen molar-refractivity contribution < 1.29 is 17.9 Å². The van der Waals surface area contributed by atoms with E-state index >= 15 is 0 Å². The first-order valence-corrected chi connectivity index (χ1v) is 19.2. The average molecular weight is 693 g/mol. The fourth-order valence-electron chi connectivity index (χ4n) is 7.95. The second-order valence-electron chi connectivity index (χ2n) is 14.4. The summed E-state index contributed by atoms with van der Waals surface area (Å²) < 4.78 is 36.5. The molecule has 5 aliphatic rings. The molecule has 10 nitrogen and oxygen atoms in total. The molecule has 1 amide bonds. The van der Waals surface area contributed by atoms with Gasteiger partial charge in [0.25, 0.3) is 15.9 Å². The molecule has 49 heavy (non-hydrogen) atoms. The van der Waals surface area contributed by atoms with Crippen LogP contribution in [0.2, 0.25) is 0 Å². The number of aromatic nitrogens is 4. The predicted octanol–water partition coefficient (Wildman–Crippen LogP) is 7.04. The van der Waals surface area contributed by atoms with Crippen molar-refractivity contribution in [3.05, 3.63) is 88.1 Å². The third-order valence-electron chi connectivity index (χ3n) is 10.6. The van der Waals surface area contributed by atoms with Crippen molar-refractivity contribution in [3.8, 4) is 17.1 Å². The van der Waals surface area contributed by atoms with Gasteiger partial charge >= 0.3 is 0 Å². The first kappa shape index (κ1) is 30.6. The number of ether oxygens (including phenoxy) is 1. The number of benzene rings is 2. The highest BCUT2D eigenvalue weighted by molar-refractivity contribution is 7.92. The first-order chi connectivity index (χ1) is 23.6. The number of anilines is 1. The van der Waals surface area contributed by atoms with Crippen molar-refractivity contribution in [1.29, 1.82) is 0 Å². The van der Waals surface area contributed by atoms with Gasteiger partial charge in [-0.3, -0.25) is 4.79 Å². The van der Waals surface area contributed by atoms with E-state index in [0.29, 0.717) is 17.3 Å². The Morgan fingerprint density at radius 1 is 1.00 bits per heavy atom. The Bertz CT molecular complexity index is 2230. The average Bonchev–Trinajstić information content (AvgIpc) is 3.80. The van der Waals surface area contributed by atoms with E-state index < -0.39 is 10.0 Å². The van der Waals surface area contributed by atoms with E-state index in [9.17, 15) is 13.2 Å². The highest BCUT2D eigenvalue weighted by Gasteiger charge is 2.57. The summed E-state index contributed by atoms with van der Waals surface area (Å²) in [6.45, 7) is 4.37. The molecule has 250 valence electrons. The van der Waals surface area contributed by atoms with E-state index in [1.807, 2.05) is 36.9 Å². The molecule has 4 heterocycles. The molecule has 4 saturated carbocycles. The maximum Gasteiger partial charge on any atom is 0.264 e. The zero-order valence-corrected chi connectivity index (χ0v) is 29.0. The Balaban J connectivity index is 1.15. The van der Waals surface area contributed by atoms with Gasteiger partial charge in [-0.05, 0) is 105 Å². The Labute approximate surface area is 289 Å². The summed E-state index contributed by atoms with van der Waals surface area (Å²) in [6, 6.07) is 15.7. The largest absolute Gasteiger partial charge is 0.475 e. The molecule has 4 fully saturated rings. The van der Waals surface area contributed by atoms with Gasteiger partial charge in [-0.2, -0.15) is 4.98 Å². The van der Waals surface area contributed by atoms with Gasteiger partial charge in [0.05, 0.1) is 35.1 Å². The molecule has 12 heteroatoms. The minimum absolute atomic E-state index is 0.0517. The maximum absolute atomic E-state index is 14.6. The molecule has 4 aliphatic carbocycles. The minimum atomic E-state index is -4.15. The van der Waals surface area contributed by atoms with Crippen LogP contribution in [0.4, 0.5) is 5.95 Å². The molecule has 5 aromatic rings. The molecule has 1 N–H and O–H groups in total. The zero-order chi connectivity index (χ0) is 33.5. The van der Waals surface area contributed by atoms with Crippen LogP contribution in [0.1, 0.15) is 76.5 Å². The SMILES string of the molecule is Cc1cccc(C)c1-c1cc2nc(n1)NS(=O)(=O)c1cccc(c1)C(=O)N(Cc1cnc3sc(C4CC4)cc3n1)[C@H](CC13CC(C1)C3)CO2. The van der Waals surface area contributed by atoms with E-state index in [-0.39, 0.29) is 52.8 Å². The van der Waals surface area contributed by atoms with Crippen LogP contribution in [-0.2, 0) is 16.6 Å². The normalized spacial score (nSPS) is 24.0. The van der Waals surface area contributed by atoms with Crippen LogP contribution in [0.3, 0.4) is 0 Å². The van der Waals surface area contributed by atoms with E-state index in [1.165, 1.54) is 29.9 Å². The van der Waals surface area contributed by atoms with Gasteiger partial charge in [0.2, 0.25) is 11.8 Å². The molecule has 0 spiro atoms. The molecule has 2 aromatic carbocycles. The highest BCUT2D eigenvalue weighted by Crippen LogP contribution is 2.67. The van der Waals surface area contributed by atoms with Crippen LogP contribution in [0.15, 0.2) is 65.7 Å². The lowest BCUT2D eigenvalue weighted by molar-refractivity contribution is -0.126. The van der Waals surface area contributed by atoms with Gasteiger partial charge in [-0.25, -0.2) is 28.1 Å². The second kappa shape index (κ2) is 11.3. The quantitative estimate of drug-likeness (QED) is 0.201. The predicted molar refractivity (Wildman–Crippen MR) is 187 cm³/mol. The van der Waals surface area contributed by atoms with Gasteiger partial charge in [-0.15, -0.1) is 11.3 Å². The smallest absolute Gasteiger partial charge is 0.264 e. The fraction of sp³-hybridized carbons (Fsp3) is 0.378. The van der Waals surface area contributed by atoms with Gasteiger partial charge < -0.3 is 9.64 Å². The summed E-state index contributed by atoms with van der Waals surface area (Å²) in [7, 11) is -4.15. The number of carbonyl (C=O) groups excluding carboxylic acids is 1. The Kier molecular flexibility index (Phi) is 7.07.